The molecule has 10 heteroatoms. The summed E-state index contributed by atoms with van der Waals surface area (Å²) in [7, 11) is 0. The minimum Gasteiger partial charge on any atom is -0.452 e. The molecular formula is C19H15N5O5. The highest BCUT2D eigenvalue weighted by molar-refractivity contribution is 6.01. The molecule has 3 heterocycles. The maximum absolute atomic E-state index is 12.2. The van der Waals surface area contributed by atoms with Crippen molar-refractivity contribution in [3.05, 3.63) is 60.2 Å². The van der Waals surface area contributed by atoms with Gasteiger partial charge in [-0.3, -0.25) is 20.0 Å². The van der Waals surface area contributed by atoms with Crippen LogP contribution >= 0.6 is 0 Å². The highest BCUT2D eigenvalue weighted by Gasteiger charge is 2.24. The van der Waals surface area contributed by atoms with Crippen molar-refractivity contribution in [3.8, 4) is 11.4 Å². The van der Waals surface area contributed by atoms with Crippen molar-refractivity contribution in [3.63, 3.8) is 0 Å². The normalized spacial score (nSPS) is 13.9. The molecule has 0 radical (unpaired) electrons. The molecule has 1 N–H and O–H groups in total. The van der Waals surface area contributed by atoms with E-state index in [0.717, 1.165) is 0 Å². The molecule has 0 aliphatic carbocycles. The number of carbonyl (C=O) groups excluding carboxylic acids is 3. The van der Waals surface area contributed by atoms with Crippen LogP contribution in [0.4, 0.5) is 5.69 Å². The van der Waals surface area contributed by atoms with Crippen molar-refractivity contribution in [2.45, 2.75) is 19.4 Å². The smallest absolute Gasteiger partial charge is 0.338 e. The summed E-state index contributed by atoms with van der Waals surface area (Å²) in [5.41, 5.74) is 3.90. The zero-order valence-electron chi connectivity index (χ0n) is 15.1. The number of rotatable bonds is 5. The molecule has 1 aliphatic heterocycles. The van der Waals surface area contributed by atoms with Gasteiger partial charge in [0.2, 0.25) is 17.6 Å². The van der Waals surface area contributed by atoms with Gasteiger partial charge in [0.15, 0.2) is 6.61 Å². The fourth-order valence-corrected chi connectivity index (χ4v) is 2.67. The highest BCUT2D eigenvalue weighted by Crippen LogP contribution is 2.19. The minimum atomic E-state index is -0.591. The van der Waals surface area contributed by atoms with Crippen molar-refractivity contribution in [2.24, 2.45) is 0 Å². The third-order valence-corrected chi connectivity index (χ3v) is 4.13. The van der Waals surface area contributed by atoms with Gasteiger partial charge in [0, 0.05) is 30.8 Å². The molecule has 1 fully saturated rings. The third kappa shape index (κ3) is 4.10. The van der Waals surface area contributed by atoms with Crippen LogP contribution in [0.5, 0.6) is 0 Å². The number of ether oxygens (including phenoxy) is 1. The zero-order valence-corrected chi connectivity index (χ0v) is 15.1. The summed E-state index contributed by atoms with van der Waals surface area (Å²) in [6.07, 6.45) is 3.53. The van der Waals surface area contributed by atoms with Crippen LogP contribution in [0.2, 0.25) is 0 Å². The average Bonchev–Trinajstić information content (AvgIpc) is 3.24. The first-order chi connectivity index (χ1) is 14.1. The Balaban J connectivity index is 1.37. The Kier molecular flexibility index (Phi) is 4.97. The van der Waals surface area contributed by atoms with Gasteiger partial charge in [0.05, 0.1) is 11.3 Å². The lowest BCUT2D eigenvalue weighted by atomic mass is 10.2. The third-order valence-electron chi connectivity index (χ3n) is 4.13. The number of nitrogens with one attached hydrogen (secondary N) is 1. The summed E-state index contributed by atoms with van der Waals surface area (Å²) in [5, 5.41) is 4.99. The molecule has 0 atom stereocenters. The number of hydrogen-bond donors (Lipinski definition) is 1. The molecule has 10 nitrogen and oxygen atoms in total. The fourth-order valence-electron chi connectivity index (χ4n) is 2.67. The van der Waals surface area contributed by atoms with Crippen molar-refractivity contribution in [1.29, 1.82) is 0 Å². The largest absolute Gasteiger partial charge is 0.452 e. The predicted molar refractivity (Wildman–Crippen MR) is 98.0 cm³/mol. The number of nitrogens with zero attached hydrogens (tertiary/aromatic N) is 4. The van der Waals surface area contributed by atoms with E-state index in [4.69, 9.17) is 9.26 Å². The molecule has 29 heavy (non-hydrogen) atoms. The van der Waals surface area contributed by atoms with Gasteiger partial charge in [0.25, 0.3) is 5.89 Å². The molecule has 1 aromatic carbocycles. The highest BCUT2D eigenvalue weighted by atomic mass is 16.6. The Bertz CT molecular complexity index is 1050. The number of pyridine rings is 1. The van der Waals surface area contributed by atoms with Gasteiger partial charge in [-0.15, -0.1) is 0 Å². The molecule has 0 unspecified atom stereocenters. The maximum atomic E-state index is 12.2. The average molecular weight is 393 g/mol. The lowest BCUT2D eigenvalue weighted by molar-refractivity contribution is -0.130. The molecular weight excluding hydrogens is 378 g/mol. The van der Waals surface area contributed by atoms with Crippen LogP contribution in [0, 0.1) is 0 Å². The minimum absolute atomic E-state index is 0.140. The van der Waals surface area contributed by atoms with Crippen molar-refractivity contribution >= 4 is 23.5 Å². The Morgan fingerprint density at radius 2 is 2.00 bits per heavy atom. The molecule has 0 bridgehead atoms. The summed E-state index contributed by atoms with van der Waals surface area (Å²) in [6, 6.07) is 9.63. The number of benzene rings is 1. The Hall–Kier alpha value is -4.08. The molecule has 146 valence electrons. The molecule has 1 aliphatic rings. The van der Waals surface area contributed by atoms with E-state index >= 15 is 0 Å². The second kappa shape index (κ2) is 7.89. The van der Waals surface area contributed by atoms with E-state index in [1.54, 1.807) is 36.7 Å². The summed E-state index contributed by atoms with van der Waals surface area (Å²) in [4.78, 5) is 43.8. The van der Waals surface area contributed by atoms with Crippen LogP contribution < -0.4 is 10.4 Å². The molecule has 4 rings (SSSR count). The van der Waals surface area contributed by atoms with Crippen molar-refractivity contribution in [2.75, 3.05) is 5.01 Å². The number of aromatic nitrogens is 3. The summed E-state index contributed by atoms with van der Waals surface area (Å²) < 4.78 is 10.3. The molecule has 2 aromatic heterocycles. The summed E-state index contributed by atoms with van der Waals surface area (Å²) in [5.74, 6) is -0.553. The number of carbonyl (C=O) groups is 3. The van der Waals surface area contributed by atoms with E-state index in [-0.39, 0.29) is 42.7 Å². The van der Waals surface area contributed by atoms with Crippen LogP contribution in [0.1, 0.15) is 29.1 Å². The first-order valence-electron chi connectivity index (χ1n) is 8.73. The van der Waals surface area contributed by atoms with Gasteiger partial charge in [0.1, 0.15) is 0 Å². The second-order valence-electron chi connectivity index (χ2n) is 6.14. The lowest BCUT2D eigenvalue weighted by Gasteiger charge is -2.27. The van der Waals surface area contributed by atoms with Crippen LogP contribution in [0.3, 0.4) is 0 Å². The van der Waals surface area contributed by atoms with E-state index < -0.39 is 5.97 Å². The number of esters is 1. The Morgan fingerprint density at radius 3 is 2.76 bits per heavy atom. The lowest BCUT2D eigenvalue weighted by Crippen LogP contribution is -2.50. The molecule has 0 saturated carbocycles. The van der Waals surface area contributed by atoms with E-state index in [2.05, 4.69) is 20.6 Å². The SMILES string of the molecule is O=C1CCC(=O)N(c2ccc(C(=O)OCc3nc(-c4cccnc4)no3)cc2)N1. The number of anilines is 1. The van der Waals surface area contributed by atoms with Gasteiger partial charge in [-0.05, 0) is 36.4 Å². The number of amides is 2. The second-order valence-corrected chi connectivity index (χ2v) is 6.14. The van der Waals surface area contributed by atoms with Crippen molar-refractivity contribution < 1.29 is 23.6 Å². The Morgan fingerprint density at radius 1 is 1.17 bits per heavy atom. The van der Waals surface area contributed by atoms with Crippen LogP contribution in [-0.4, -0.2) is 32.9 Å². The summed E-state index contributed by atoms with van der Waals surface area (Å²) >= 11 is 0. The topological polar surface area (TPSA) is 128 Å². The van der Waals surface area contributed by atoms with Gasteiger partial charge in [-0.25, -0.2) is 9.80 Å². The van der Waals surface area contributed by atoms with Gasteiger partial charge in [-0.2, -0.15) is 4.98 Å². The predicted octanol–water partition coefficient (Wildman–Crippen LogP) is 1.65. The van der Waals surface area contributed by atoms with E-state index in [0.29, 0.717) is 17.1 Å². The van der Waals surface area contributed by atoms with E-state index in [9.17, 15) is 14.4 Å². The van der Waals surface area contributed by atoms with E-state index in [1.165, 1.54) is 17.1 Å². The molecule has 1 saturated heterocycles. The summed E-state index contributed by atoms with van der Waals surface area (Å²) in [6.45, 7) is -0.186. The van der Waals surface area contributed by atoms with E-state index in [1.807, 2.05) is 0 Å². The zero-order chi connectivity index (χ0) is 20.2. The van der Waals surface area contributed by atoms with Gasteiger partial charge < -0.3 is 9.26 Å². The molecule has 0 spiro atoms. The van der Waals surface area contributed by atoms with Crippen LogP contribution in [0.25, 0.3) is 11.4 Å². The maximum Gasteiger partial charge on any atom is 0.338 e. The molecule has 2 amide bonds. The first-order valence-corrected chi connectivity index (χ1v) is 8.73. The number of hydrazine groups is 1. The molecule has 3 aromatic rings. The standard InChI is InChI=1S/C19H15N5O5/c25-15-7-8-17(26)24(22-15)14-5-3-12(4-6-14)19(27)28-11-16-21-18(23-29-16)13-2-1-9-20-10-13/h1-6,9-10H,7-8,11H2,(H,22,25). The van der Waals surface area contributed by atoms with Crippen LogP contribution in [0.15, 0.2) is 53.3 Å². The van der Waals surface area contributed by atoms with Gasteiger partial charge >= 0.3 is 5.97 Å². The van der Waals surface area contributed by atoms with Gasteiger partial charge in [-0.1, -0.05) is 5.16 Å². The van der Waals surface area contributed by atoms with Crippen molar-refractivity contribution in [1.82, 2.24) is 20.6 Å². The number of hydrogen-bond acceptors (Lipinski definition) is 8. The first kappa shape index (κ1) is 18.3. The van der Waals surface area contributed by atoms with Crippen LogP contribution in [-0.2, 0) is 20.9 Å². The quantitative estimate of drug-likeness (QED) is 0.648. The monoisotopic (exact) mass is 393 g/mol. The fraction of sp³-hybridized carbons (Fsp3) is 0.158. The Labute approximate surface area is 164 Å².